The number of aliphatic carboxylic acids is 1. The minimum absolute atomic E-state index is 0.0247. The van der Waals surface area contributed by atoms with E-state index in [9.17, 15) is 24.3 Å². The van der Waals surface area contributed by atoms with Crippen molar-refractivity contribution in [2.45, 2.75) is 49.9 Å². The number of nitrogens with zero attached hydrogens (tertiary/aromatic N) is 2. The number of rotatable bonds is 17. The molecule has 4 atom stereocenters. The maximum Gasteiger partial charge on any atom is 0.328 e. The number of nitrogens with two attached hydrogens (primary N) is 5. The first kappa shape index (κ1) is 31.7. The summed E-state index contributed by atoms with van der Waals surface area (Å²) in [5, 5.41) is 25.4. The Morgan fingerprint density at radius 2 is 1.17 bits per heavy atom. The van der Waals surface area contributed by atoms with E-state index in [1.165, 1.54) is 0 Å². The summed E-state index contributed by atoms with van der Waals surface area (Å²) in [4.78, 5) is 56.6. The van der Waals surface area contributed by atoms with E-state index in [1.807, 2.05) is 0 Å². The molecule has 0 spiro atoms. The van der Waals surface area contributed by atoms with Crippen molar-refractivity contribution in [1.29, 1.82) is 0 Å². The summed E-state index contributed by atoms with van der Waals surface area (Å²) < 4.78 is 0. The van der Waals surface area contributed by atoms with Gasteiger partial charge in [0.2, 0.25) is 17.7 Å². The molecule has 17 heteroatoms. The van der Waals surface area contributed by atoms with Gasteiger partial charge in [0.1, 0.15) is 18.1 Å². The van der Waals surface area contributed by atoms with Crippen LogP contribution in [0.5, 0.6) is 0 Å². The molecule has 0 aliphatic rings. The van der Waals surface area contributed by atoms with Gasteiger partial charge >= 0.3 is 5.97 Å². The molecule has 0 aromatic rings. The van der Waals surface area contributed by atoms with Gasteiger partial charge in [0.05, 0.1) is 12.6 Å². The van der Waals surface area contributed by atoms with Crippen molar-refractivity contribution < 1.29 is 29.4 Å². The lowest BCUT2D eigenvalue weighted by molar-refractivity contribution is -0.143. The summed E-state index contributed by atoms with van der Waals surface area (Å²) in [7, 11) is 0. The molecule has 0 saturated carbocycles. The van der Waals surface area contributed by atoms with Gasteiger partial charge in [0, 0.05) is 18.8 Å². The van der Waals surface area contributed by atoms with E-state index < -0.39 is 54.5 Å². The molecule has 0 aromatic heterocycles. The van der Waals surface area contributed by atoms with Crippen LogP contribution in [0.15, 0.2) is 9.98 Å². The third kappa shape index (κ3) is 13.9. The molecule has 0 heterocycles. The number of guanidine groups is 2. The Morgan fingerprint density at radius 3 is 1.51 bits per heavy atom. The van der Waals surface area contributed by atoms with Gasteiger partial charge in [0.15, 0.2) is 11.9 Å². The Labute approximate surface area is 207 Å². The fraction of sp³-hybridized carbons (Fsp3) is 0.667. The van der Waals surface area contributed by atoms with E-state index in [2.05, 4.69) is 38.6 Å². The van der Waals surface area contributed by atoms with Crippen molar-refractivity contribution in [3.05, 3.63) is 0 Å². The minimum Gasteiger partial charge on any atom is -0.480 e. The molecule has 15 N–H and O–H groups in total. The highest BCUT2D eigenvalue weighted by Gasteiger charge is 2.29. The van der Waals surface area contributed by atoms with Crippen LogP contribution >= 0.6 is 12.6 Å². The van der Waals surface area contributed by atoms with Crippen LogP contribution in [0.2, 0.25) is 0 Å². The molecule has 0 aromatic carbocycles. The van der Waals surface area contributed by atoms with Gasteiger partial charge in [-0.1, -0.05) is 0 Å². The molecular weight excluding hydrogens is 484 g/mol. The zero-order valence-electron chi connectivity index (χ0n) is 19.2. The van der Waals surface area contributed by atoms with Gasteiger partial charge in [-0.25, -0.2) is 4.79 Å². The zero-order valence-corrected chi connectivity index (χ0v) is 20.1. The predicted molar refractivity (Wildman–Crippen MR) is 132 cm³/mol. The Hall–Kier alpha value is -3.31. The van der Waals surface area contributed by atoms with E-state index >= 15 is 0 Å². The number of aliphatic hydroxyl groups excluding tert-OH is 1. The van der Waals surface area contributed by atoms with Crippen LogP contribution in [-0.4, -0.2) is 95.4 Å². The first-order chi connectivity index (χ1) is 16.4. The van der Waals surface area contributed by atoms with Gasteiger partial charge in [-0.05, 0) is 25.7 Å². The molecule has 35 heavy (non-hydrogen) atoms. The monoisotopic (exact) mass is 520 g/mol. The molecule has 200 valence electrons. The second-order valence-corrected chi connectivity index (χ2v) is 7.76. The van der Waals surface area contributed by atoms with Crippen molar-refractivity contribution in [2.24, 2.45) is 38.7 Å². The minimum atomic E-state index is -1.58. The Bertz CT molecular complexity index is 773. The summed E-state index contributed by atoms with van der Waals surface area (Å²) in [6.45, 7) is -0.541. The number of nitrogens with one attached hydrogen (secondary N) is 3. The van der Waals surface area contributed by atoms with E-state index in [0.717, 1.165) is 0 Å². The van der Waals surface area contributed by atoms with E-state index in [-0.39, 0.29) is 50.0 Å². The molecule has 0 rings (SSSR count). The number of hydrogen-bond acceptors (Lipinski definition) is 9. The largest absolute Gasteiger partial charge is 0.480 e. The number of thiol groups is 1. The molecule has 3 amide bonds. The lowest BCUT2D eigenvalue weighted by Gasteiger charge is -2.24. The topological polar surface area (TPSA) is 300 Å². The number of aliphatic hydroxyl groups is 1. The molecular formula is C18H36N10O6S. The van der Waals surface area contributed by atoms with E-state index in [1.54, 1.807) is 0 Å². The standard InChI is InChI=1S/C18H36N10O6S/c19-9(8-35)13(30)26-10(3-1-5-24-17(20)21)14(31)27-11(4-2-6-25-18(22)23)15(32)28-12(7-29)16(33)34/h9-12,29,35H,1-8,19H2,(H,26,30)(H,27,31)(H,28,32)(H,33,34)(H4,20,21,24)(H4,22,23,25). The molecule has 16 nitrogen and oxygen atoms in total. The molecule has 0 fully saturated rings. The summed E-state index contributed by atoms with van der Waals surface area (Å²) in [5.41, 5.74) is 26.8. The zero-order chi connectivity index (χ0) is 27.0. The van der Waals surface area contributed by atoms with Crippen molar-refractivity contribution in [3.63, 3.8) is 0 Å². The van der Waals surface area contributed by atoms with Crippen LogP contribution in [0.1, 0.15) is 25.7 Å². The molecule has 0 radical (unpaired) electrons. The number of amides is 3. The molecule has 0 bridgehead atoms. The number of carboxylic acids is 1. The first-order valence-corrected chi connectivity index (χ1v) is 11.3. The fourth-order valence-electron chi connectivity index (χ4n) is 2.64. The normalized spacial score (nSPS) is 13.9. The Kier molecular flexibility index (Phi) is 15.5. The van der Waals surface area contributed by atoms with Crippen molar-refractivity contribution in [3.8, 4) is 0 Å². The lowest BCUT2D eigenvalue weighted by atomic mass is 10.1. The highest BCUT2D eigenvalue weighted by Crippen LogP contribution is 2.05. The number of aliphatic imine (C=N–C) groups is 2. The third-order valence-corrected chi connectivity index (χ3v) is 4.88. The van der Waals surface area contributed by atoms with E-state index in [4.69, 9.17) is 33.8 Å². The number of carbonyl (C=O) groups excluding carboxylic acids is 3. The summed E-state index contributed by atoms with van der Waals surface area (Å²) in [6.07, 6.45) is 0.680. The smallest absolute Gasteiger partial charge is 0.328 e. The second kappa shape index (κ2) is 17.2. The Balaban J connectivity index is 5.56. The molecule has 0 aliphatic heterocycles. The maximum absolute atomic E-state index is 13.0. The van der Waals surface area contributed by atoms with Gasteiger partial charge in [-0.15, -0.1) is 0 Å². The average molecular weight is 521 g/mol. The van der Waals surface area contributed by atoms with Crippen LogP contribution in [-0.2, 0) is 19.2 Å². The van der Waals surface area contributed by atoms with Gasteiger partial charge in [-0.2, -0.15) is 12.6 Å². The maximum atomic E-state index is 13.0. The average Bonchev–Trinajstić information content (AvgIpc) is 2.79. The second-order valence-electron chi connectivity index (χ2n) is 7.39. The van der Waals surface area contributed by atoms with Gasteiger partial charge < -0.3 is 54.8 Å². The number of hydrogen-bond donors (Lipinski definition) is 11. The number of carboxylic acid groups (broad SMARTS) is 1. The molecule has 0 aliphatic carbocycles. The van der Waals surface area contributed by atoms with Crippen LogP contribution in [0, 0.1) is 0 Å². The van der Waals surface area contributed by atoms with Gasteiger partial charge in [0.25, 0.3) is 0 Å². The van der Waals surface area contributed by atoms with Gasteiger partial charge in [-0.3, -0.25) is 24.4 Å². The Morgan fingerprint density at radius 1 is 0.771 bits per heavy atom. The highest BCUT2D eigenvalue weighted by molar-refractivity contribution is 7.80. The predicted octanol–water partition coefficient (Wildman–Crippen LogP) is -5.12. The lowest BCUT2D eigenvalue weighted by Crippen LogP contribution is -2.57. The van der Waals surface area contributed by atoms with Crippen molar-refractivity contribution in [2.75, 3.05) is 25.4 Å². The van der Waals surface area contributed by atoms with Crippen molar-refractivity contribution in [1.82, 2.24) is 16.0 Å². The summed E-state index contributed by atoms with van der Waals surface area (Å²) in [6, 6.07) is -4.89. The third-order valence-electron chi connectivity index (χ3n) is 4.49. The SMILES string of the molecule is NC(N)=NCCCC(NC(=O)C(N)CS)C(=O)NC(CCCN=C(N)N)C(=O)NC(CO)C(=O)O. The first-order valence-electron chi connectivity index (χ1n) is 10.6. The molecule has 0 saturated heterocycles. The van der Waals surface area contributed by atoms with Crippen LogP contribution in [0.3, 0.4) is 0 Å². The summed E-state index contributed by atoms with van der Waals surface area (Å²) >= 11 is 3.96. The van der Waals surface area contributed by atoms with E-state index in [0.29, 0.717) is 6.42 Å². The quantitative estimate of drug-likeness (QED) is 0.0373. The van der Waals surface area contributed by atoms with Crippen molar-refractivity contribution >= 4 is 48.2 Å². The van der Waals surface area contributed by atoms with Crippen LogP contribution in [0.4, 0.5) is 0 Å². The fourth-order valence-corrected chi connectivity index (χ4v) is 2.80. The molecule has 4 unspecified atom stereocenters. The highest BCUT2D eigenvalue weighted by atomic mass is 32.1. The summed E-state index contributed by atoms with van der Waals surface area (Å²) in [5.74, 6) is -3.96. The van der Waals surface area contributed by atoms with Crippen LogP contribution < -0.4 is 44.6 Å². The van der Waals surface area contributed by atoms with Crippen LogP contribution in [0.25, 0.3) is 0 Å². The number of carbonyl (C=O) groups is 4.